The molecule has 0 radical (unpaired) electrons. The number of carbonyl (C=O) groups excluding carboxylic acids is 2. The Kier molecular flexibility index (Phi) is 5.45. The highest BCUT2D eigenvalue weighted by atomic mass is 16.6. The van der Waals surface area contributed by atoms with Gasteiger partial charge >= 0.3 is 11.9 Å². The maximum Gasteiger partial charge on any atom is 0.344 e. The van der Waals surface area contributed by atoms with Gasteiger partial charge in [-0.05, 0) is 86.9 Å². The largest absolute Gasteiger partial charge is 0.457 e. The molecular weight excluding hydrogens is 364 g/mol. The third-order valence-electron chi connectivity index (χ3n) is 8.41. The Balaban J connectivity index is 1.59. The van der Waals surface area contributed by atoms with E-state index in [9.17, 15) is 9.59 Å². The molecule has 29 heavy (non-hydrogen) atoms. The minimum absolute atomic E-state index is 0.0189. The van der Waals surface area contributed by atoms with E-state index in [0.29, 0.717) is 17.8 Å². The monoisotopic (exact) mass is 406 g/mol. The van der Waals surface area contributed by atoms with Gasteiger partial charge in [-0.3, -0.25) is 4.79 Å². The number of carbonyl (C=O) groups is 2. The predicted octanol–water partition coefficient (Wildman–Crippen LogP) is 5.92. The van der Waals surface area contributed by atoms with Crippen molar-refractivity contribution in [2.45, 2.75) is 106 Å². The molecule has 0 aromatic heterocycles. The van der Waals surface area contributed by atoms with Gasteiger partial charge in [-0.25, -0.2) is 4.79 Å². The van der Waals surface area contributed by atoms with Crippen LogP contribution >= 0.6 is 0 Å². The molecule has 0 aliphatic heterocycles. The molecule has 4 heteroatoms. The van der Waals surface area contributed by atoms with Crippen LogP contribution in [-0.4, -0.2) is 24.1 Å². The summed E-state index contributed by atoms with van der Waals surface area (Å²) in [5.74, 6) is 0.588. The lowest BCUT2D eigenvalue weighted by Crippen LogP contribution is -2.57. The van der Waals surface area contributed by atoms with Crippen LogP contribution in [0.4, 0.5) is 0 Å². The van der Waals surface area contributed by atoms with E-state index in [1.807, 2.05) is 6.92 Å². The molecule has 166 valence electrons. The van der Waals surface area contributed by atoms with Gasteiger partial charge in [-0.1, -0.05) is 41.5 Å². The quantitative estimate of drug-likeness (QED) is 0.532. The molecule has 0 saturated heterocycles. The van der Waals surface area contributed by atoms with Gasteiger partial charge < -0.3 is 9.47 Å². The molecule has 0 aromatic carbocycles. The van der Waals surface area contributed by atoms with E-state index in [0.717, 1.165) is 18.8 Å². The zero-order valence-electron chi connectivity index (χ0n) is 19.9. The van der Waals surface area contributed by atoms with Gasteiger partial charge in [0.2, 0.25) is 0 Å². The first-order valence-corrected chi connectivity index (χ1v) is 11.5. The van der Waals surface area contributed by atoms with Crippen LogP contribution in [0.15, 0.2) is 0 Å². The van der Waals surface area contributed by atoms with Crippen molar-refractivity contribution in [1.29, 1.82) is 0 Å². The molecule has 4 fully saturated rings. The highest BCUT2D eigenvalue weighted by Gasteiger charge is 2.59. The van der Waals surface area contributed by atoms with Crippen LogP contribution < -0.4 is 0 Å². The molecular formula is C25H42O4. The van der Waals surface area contributed by atoms with E-state index in [1.165, 1.54) is 25.7 Å². The lowest BCUT2D eigenvalue weighted by molar-refractivity contribution is -0.203. The van der Waals surface area contributed by atoms with Crippen molar-refractivity contribution in [3.8, 4) is 0 Å². The summed E-state index contributed by atoms with van der Waals surface area (Å²) < 4.78 is 11.5. The summed E-state index contributed by atoms with van der Waals surface area (Å²) in [6.07, 6.45) is 7.93. The van der Waals surface area contributed by atoms with Gasteiger partial charge in [0.15, 0.2) is 6.61 Å². The van der Waals surface area contributed by atoms with Gasteiger partial charge in [-0.2, -0.15) is 0 Å². The molecule has 4 aliphatic rings. The summed E-state index contributed by atoms with van der Waals surface area (Å²) in [6.45, 7) is 16.3. The number of rotatable bonds is 5. The fraction of sp³-hybridized carbons (Fsp3) is 0.920. The smallest absolute Gasteiger partial charge is 0.344 e. The van der Waals surface area contributed by atoms with Crippen molar-refractivity contribution in [1.82, 2.24) is 0 Å². The van der Waals surface area contributed by atoms with Gasteiger partial charge in [0, 0.05) is 0 Å². The highest BCUT2D eigenvalue weighted by molar-refractivity contribution is 5.81. The molecule has 2 unspecified atom stereocenters. The minimum atomic E-state index is -0.669. The summed E-state index contributed by atoms with van der Waals surface area (Å²) in [6, 6.07) is 0. The second kappa shape index (κ2) is 6.99. The van der Waals surface area contributed by atoms with Gasteiger partial charge in [0.05, 0.1) is 5.41 Å². The second-order valence-corrected chi connectivity index (χ2v) is 13.1. The van der Waals surface area contributed by atoms with Crippen LogP contribution in [-0.2, 0) is 19.1 Å². The Morgan fingerprint density at radius 1 is 0.966 bits per heavy atom. The molecule has 0 N–H and O–H groups in total. The summed E-state index contributed by atoms with van der Waals surface area (Å²) in [4.78, 5) is 25.7. The second-order valence-electron chi connectivity index (χ2n) is 13.1. The van der Waals surface area contributed by atoms with E-state index in [2.05, 4.69) is 48.5 Å². The number of hydrogen-bond acceptors (Lipinski definition) is 4. The lowest BCUT2D eigenvalue weighted by Gasteiger charge is -2.62. The number of hydrogen-bond donors (Lipinski definition) is 0. The fourth-order valence-corrected chi connectivity index (χ4v) is 6.41. The molecule has 4 aliphatic carbocycles. The SMILES string of the molecule is CC(C)(C)CC(C)(C(=O)OCC(=O)O[C@]1(C)CCC23CC(CC1C2)C3)C(C)(C)C. The Morgan fingerprint density at radius 3 is 2.14 bits per heavy atom. The zero-order valence-corrected chi connectivity index (χ0v) is 19.9. The number of ether oxygens (including phenoxy) is 2. The van der Waals surface area contributed by atoms with E-state index in [-0.39, 0.29) is 23.4 Å². The van der Waals surface area contributed by atoms with Crippen molar-refractivity contribution in [3.63, 3.8) is 0 Å². The highest BCUT2D eigenvalue weighted by Crippen LogP contribution is 2.66. The fourth-order valence-electron chi connectivity index (χ4n) is 6.41. The van der Waals surface area contributed by atoms with Crippen LogP contribution in [0.1, 0.15) is 100 Å². The van der Waals surface area contributed by atoms with E-state index in [1.54, 1.807) is 0 Å². The normalized spacial score (nSPS) is 35.9. The molecule has 4 nitrogen and oxygen atoms in total. The molecule has 4 rings (SSSR count). The van der Waals surface area contributed by atoms with Gasteiger partial charge in [-0.15, -0.1) is 0 Å². The van der Waals surface area contributed by atoms with E-state index < -0.39 is 17.0 Å². The van der Waals surface area contributed by atoms with Crippen molar-refractivity contribution in [2.24, 2.45) is 33.5 Å². The maximum absolute atomic E-state index is 13.1. The first-order chi connectivity index (χ1) is 13.1. The summed E-state index contributed by atoms with van der Waals surface area (Å²) in [5.41, 5.74) is -0.807. The van der Waals surface area contributed by atoms with Gasteiger partial charge in [0.25, 0.3) is 0 Å². The van der Waals surface area contributed by atoms with Gasteiger partial charge in [0.1, 0.15) is 5.60 Å². The first-order valence-electron chi connectivity index (χ1n) is 11.5. The average Bonchev–Trinajstić information content (AvgIpc) is 2.53. The maximum atomic E-state index is 13.1. The van der Waals surface area contributed by atoms with Crippen LogP contribution in [0.25, 0.3) is 0 Å². The van der Waals surface area contributed by atoms with Crippen molar-refractivity contribution >= 4 is 11.9 Å². The summed E-state index contributed by atoms with van der Waals surface area (Å²) in [5, 5.41) is 0. The molecule has 3 atom stereocenters. The van der Waals surface area contributed by atoms with Crippen molar-refractivity contribution in [2.75, 3.05) is 6.61 Å². The predicted molar refractivity (Wildman–Crippen MR) is 114 cm³/mol. The van der Waals surface area contributed by atoms with Crippen LogP contribution in [0.2, 0.25) is 0 Å². The molecule has 4 saturated carbocycles. The van der Waals surface area contributed by atoms with E-state index in [4.69, 9.17) is 9.47 Å². The summed E-state index contributed by atoms with van der Waals surface area (Å²) >= 11 is 0. The zero-order chi connectivity index (χ0) is 21.9. The minimum Gasteiger partial charge on any atom is -0.457 e. The van der Waals surface area contributed by atoms with Crippen LogP contribution in [0.5, 0.6) is 0 Å². The summed E-state index contributed by atoms with van der Waals surface area (Å²) in [7, 11) is 0. The Bertz CT molecular complexity index is 661. The molecule has 1 spiro atoms. The third kappa shape index (κ3) is 4.37. The molecule has 0 heterocycles. The van der Waals surface area contributed by atoms with Crippen LogP contribution in [0, 0.1) is 33.5 Å². The van der Waals surface area contributed by atoms with Crippen molar-refractivity contribution < 1.29 is 19.1 Å². The Labute approximate surface area is 177 Å². The number of esters is 2. The Morgan fingerprint density at radius 2 is 1.59 bits per heavy atom. The molecule has 0 aromatic rings. The average molecular weight is 407 g/mol. The molecule has 0 amide bonds. The molecule has 3 bridgehead atoms. The van der Waals surface area contributed by atoms with Crippen molar-refractivity contribution in [3.05, 3.63) is 0 Å². The topological polar surface area (TPSA) is 52.6 Å². The van der Waals surface area contributed by atoms with Crippen LogP contribution in [0.3, 0.4) is 0 Å². The first kappa shape index (κ1) is 22.6. The third-order valence-corrected chi connectivity index (χ3v) is 8.41. The lowest BCUT2D eigenvalue weighted by atomic mass is 9.44. The standard InChI is InChI=1S/C25H42O4/c1-21(2,3)16-23(7,22(4,5)6)20(27)28-15-19(26)29-24(8)9-10-25-12-17(13-25)11-18(24)14-25/h17-18H,9-16H2,1-8H3/t17?,18?,23?,24-,25?/m1/s1. The Hall–Kier alpha value is -1.06. The van der Waals surface area contributed by atoms with E-state index >= 15 is 0 Å².